The lowest BCUT2D eigenvalue weighted by Crippen LogP contribution is -2.06. The second-order valence-electron chi connectivity index (χ2n) is 2.15. The van der Waals surface area contributed by atoms with Gasteiger partial charge in [-0.3, -0.25) is 0 Å². The monoisotopic (exact) mass is 302 g/mol. The van der Waals surface area contributed by atoms with Gasteiger partial charge in [-0.25, -0.2) is 18.0 Å². The molecule has 0 saturated carbocycles. The van der Waals surface area contributed by atoms with E-state index in [1.54, 1.807) is 0 Å². The fraction of sp³-hybridized carbons (Fsp3) is 0. The van der Waals surface area contributed by atoms with Crippen LogP contribution in [-0.2, 0) is 0 Å². The largest absolute Gasteiger partial charge is 0.478 e. The highest BCUT2D eigenvalue weighted by Crippen LogP contribution is 2.20. The molecule has 0 aliphatic heterocycles. The molecule has 0 aliphatic rings. The van der Waals surface area contributed by atoms with E-state index >= 15 is 0 Å². The number of carboxylic acids is 1. The lowest BCUT2D eigenvalue weighted by molar-refractivity contribution is 0.0690. The number of halogens is 4. The summed E-state index contributed by atoms with van der Waals surface area (Å²) in [4.78, 5) is 10.3. The minimum atomic E-state index is -1.76. The Morgan fingerprint density at radius 3 is 2.23 bits per heavy atom. The molecule has 13 heavy (non-hydrogen) atoms. The minimum absolute atomic E-state index is 0.270. The number of rotatable bonds is 1. The first kappa shape index (κ1) is 10.3. The van der Waals surface area contributed by atoms with Gasteiger partial charge in [-0.15, -0.1) is 0 Å². The van der Waals surface area contributed by atoms with Crippen LogP contribution in [0.4, 0.5) is 13.2 Å². The third-order valence-electron chi connectivity index (χ3n) is 1.33. The van der Waals surface area contributed by atoms with Crippen molar-refractivity contribution < 1.29 is 23.1 Å². The zero-order valence-electron chi connectivity index (χ0n) is 5.94. The molecule has 1 N–H and O–H groups in total. The molecule has 0 aliphatic carbocycles. The van der Waals surface area contributed by atoms with Crippen LogP contribution in [0.15, 0.2) is 6.07 Å². The van der Waals surface area contributed by atoms with Crippen molar-refractivity contribution in [1.82, 2.24) is 0 Å². The van der Waals surface area contributed by atoms with Gasteiger partial charge in [0, 0.05) is 0 Å². The number of carboxylic acid groups (broad SMARTS) is 1. The predicted molar refractivity (Wildman–Crippen MR) is 46.0 cm³/mol. The van der Waals surface area contributed by atoms with Gasteiger partial charge in [0.1, 0.15) is 0 Å². The molecule has 2 nitrogen and oxygen atoms in total. The van der Waals surface area contributed by atoms with Crippen molar-refractivity contribution in [3.05, 3.63) is 32.7 Å². The van der Waals surface area contributed by atoms with Gasteiger partial charge in [0.2, 0.25) is 0 Å². The summed E-state index contributed by atoms with van der Waals surface area (Å²) in [6, 6.07) is 0.733. The second-order valence-corrected chi connectivity index (χ2v) is 3.32. The van der Waals surface area contributed by atoms with E-state index in [2.05, 4.69) is 0 Å². The maximum Gasteiger partial charge on any atom is 0.338 e. The molecule has 1 rings (SSSR count). The lowest BCUT2D eigenvalue weighted by atomic mass is 10.2. The molecule has 0 spiro atoms. The number of hydrogen-bond acceptors (Lipinski definition) is 1. The van der Waals surface area contributed by atoms with Gasteiger partial charge in [0.15, 0.2) is 17.5 Å². The zero-order valence-corrected chi connectivity index (χ0v) is 8.10. The number of carbonyl (C=O) groups is 1. The van der Waals surface area contributed by atoms with E-state index in [-0.39, 0.29) is 3.57 Å². The zero-order chi connectivity index (χ0) is 10.2. The van der Waals surface area contributed by atoms with Crippen LogP contribution in [0.1, 0.15) is 10.4 Å². The van der Waals surface area contributed by atoms with Gasteiger partial charge in [-0.05, 0) is 28.7 Å². The molecule has 0 saturated heterocycles. The lowest BCUT2D eigenvalue weighted by Gasteiger charge is -2.01. The van der Waals surface area contributed by atoms with Crippen LogP contribution in [0.25, 0.3) is 0 Å². The van der Waals surface area contributed by atoms with Crippen molar-refractivity contribution >= 4 is 28.6 Å². The van der Waals surface area contributed by atoms with Crippen molar-refractivity contribution in [3.8, 4) is 0 Å². The van der Waals surface area contributed by atoms with Crippen LogP contribution in [0, 0.1) is 21.0 Å². The summed E-state index contributed by atoms with van der Waals surface area (Å²) >= 11 is 1.38. The van der Waals surface area contributed by atoms with E-state index in [0.29, 0.717) is 0 Å². The summed E-state index contributed by atoms with van der Waals surface area (Å²) in [7, 11) is 0. The molecular formula is C7H2F3IO2. The summed E-state index contributed by atoms with van der Waals surface area (Å²) in [6.07, 6.45) is 0. The van der Waals surface area contributed by atoms with Crippen molar-refractivity contribution in [2.24, 2.45) is 0 Å². The summed E-state index contributed by atoms with van der Waals surface area (Å²) in [5.41, 5.74) is -0.872. The van der Waals surface area contributed by atoms with Gasteiger partial charge < -0.3 is 5.11 Å². The van der Waals surface area contributed by atoms with E-state index in [0.717, 1.165) is 6.07 Å². The molecule has 0 aromatic heterocycles. The molecular weight excluding hydrogens is 300 g/mol. The third kappa shape index (κ3) is 1.77. The Morgan fingerprint density at radius 2 is 1.77 bits per heavy atom. The van der Waals surface area contributed by atoms with Crippen molar-refractivity contribution in [2.75, 3.05) is 0 Å². The highest BCUT2D eigenvalue weighted by atomic mass is 127. The highest BCUT2D eigenvalue weighted by Gasteiger charge is 2.20. The van der Waals surface area contributed by atoms with Crippen LogP contribution in [-0.4, -0.2) is 11.1 Å². The Hall–Kier alpha value is -0.790. The maximum atomic E-state index is 12.7. The van der Waals surface area contributed by atoms with Crippen molar-refractivity contribution in [2.45, 2.75) is 0 Å². The molecule has 0 heterocycles. The smallest absolute Gasteiger partial charge is 0.338 e. The van der Waals surface area contributed by atoms with Gasteiger partial charge in [0.05, 0.1) is 9.13 Å². The molecule has 1 aromatic carbocycles. The van der Waals surface area contributed by atoms with Gasteiger partial charge in [-0.2, -0.15) is 0 Å². The Balaban J connectivity index is 3.50. The second kappa shape index (κ2) is 3.52. The molecule has 6 heteroatoms. The van der Waals surface area contributed by atoms with Crippen LogP contribution < -0.4 is 0 Å². The fourth-order valence-corrected chi connectivity index (χ4v) is 1.28. The van der Waals surface area contributed by atoms with Crippen LogP contribution in [0.3, 0.4) is 0 Å². The fourth-order valence-electron chi connectivity index (χ4n) is 0.728. The van der Waals surface area contributed by atoms with E-state index in [1.165, 1.54) is 22.6 Å². The minimum Gasteiger partial charge on any atom is -0.478 e. The standard InChI is InChI=1S/C7H2F3IO2/c8-4-2(7(12)13)1-3(11)5(9)6(4)10/h1H,(H,12,13). The average Bonchev–Trinajstić information content (AvgIpc) is 2.07. The van der Waals surface area contributed by atoms with Gasteiger partial charge in [-0.1, -0.05) is 0 Å². The van der Waals surface area contributed by atoms with Gasteiger partial charge in [0.25, 0.3) is 0 Å². The summed E-state index contributed by atoms with van der Waals surface area (Å²) in [6.45, 7) is 0. The van der Waals surface area contributed by atoms with Crippen molar-refractivity contribution in [3.63, 3.8) is 0 Å². The number of benzene rings is 1. The van der Waals surface area contributed by atoms with E-state index in [4.69, 9.17) is 5.11 Å². The Labute approximate surface area is 84.5 Å². The van der Waals surface area contributed by atoms with Crippen molar-refractivity contribution in [1.29, 1.82) is 0 Å². The number of aromatic carboxylic acids is 1. The van der Waals surface area contributed by atoms with E-state index in [9.17, 15) is 18.0 Å². The van der Waals surface area contributed by atoms with Crippen LogP contribution >= 0.6 is 22.6 Å². The molecule has 70 valence electrons. The first-order valence-corrected chi connectivity index (χ1v) is 4.09. The highest BCUT2D eigenvalue weighted by molar-refractivity contribution is 14.1. The predicted octanol–water partition coefficient (Wildman–Crippen LogP) is 2.41. The maximum absolute atomic E-state index is 12.7. The van der Waals surface area contributed by atoms with Gasteiger partial charge >= 0.3 is 5.97 Å². The third-order valence-corrected chi connectivity index (χ3v) is 2.12. The molecule has 0 fully saturated rings. The molecule has 1 aromatic rings. The Kier molecular flexibility index (Phi) is 2.79. The topological polar surface area (TPSA) is 37.3 Å². The first-order chi connectivity index (χ1) is 5.95. The normalized spacial score (nSPS) is 10.2. The average molecular weight is 302 g/mol. The SMILES string of the molecule is O=C(O)c1cc(I)c(F)c(F)c1F. The summed E-state index contributed by atoms with van der Waals surface area (Å²) < 4.78 is 37.6. The molecule has 0 radical (unpaired) electrons. The molecule has 0 unspecified atom stereocenters. The number of hydrogen-bond donors (Lipinski definition) is 1. The molecule has 0 amide bonds. The summed E-state index contributed by atoms with van der Waals surface area (Å²) in [5.74, 6) is -6.44. The van der Waals surface area contributed by atoms with E-state index < -0.39 is 29.0 Å². The molecule has 0 atom stereocenters. The Morgan fingerprint density at radius 1 is 1.23 bits per heavy atom. The first-order valence-electron chi connectivity index (χ1n) is 3.01. The van der Waals surface area contributed by atoms with E-state index in [1.807, 2.05) is 0 Å². The Bertz CT molecular complexity index is 378. The van der Waals surface area contributed by atoms with Crippen LogP contribution in [0.2, 0.25) is 0 Å². The van der Waals surface area contributed by atoms with Crippen LogP contribution in [0.5, 0.6) is 0 Å². The quantitative estimate of drug-likeness (QED) is 0.491. The molecule has 0 bridgehead atoms. The summed E-state index contributed by atoms with van der Waals surface area (Å²) in [5, 5.41) is 8.37.